The molecule has 1 aliphatic heterocycles. The summed E-state index contributed by atoms with van der Waals surface area (Å²) in [6.07, 6.45) is 2.55. The van der Waals surface area contributed by atoms with E-state index in [1.165, 1.54) is 6.33 Å². The number of carbonyl (C=O) groups is 1. The van der Waals surface area contributed by atoms with E-state index in [4.69, 9.17) is 21.1 Å². The number of methoxy groups -OCH3 is 2. The molecule has 0 saturated heterocycles. The summed E-state index contributed by atoms with van der Waals surface area (Å²) in [6.45, 7) is 0. The van der Waals surface area contributed by atoms with Crippen LogP contribution in [0.25, 0.3) is 0 Å². The molecule has 2 aromatic carbocycles. The Kier molecular flexibility index (Phi) is 4.90. The van der Waals surface area contributed by atoms with Crippen LogP contribution in [0.1, 0.15) is 35.9 Å². The third kappa shape index (κ3) is 3.35. The van der Waals surface area contributed by atoms with E-state index in [1.807, 2.05) is 42.5 Å². The van der Waals surface area contributed by atoms with Crippen LogP contribution in [0.15, 0.2) is 60.1 Å². The molecule has 31 heavy (non-hydrogen) atoms. The van der Waals surface area contributed by atoms with Crippen molar-refractivity contribution in [3.05, 3.63) is 76.2 Å². The number of nitrogens with one attached hydrogen (secondary N) is 1. The molecular formula is C23H21ClN4O3. The lowest BCUT2D eigenvalue weighted by Gasteiger charge is -2.35. The molecule has 0 saturated carbocycles. The smallest absolute Gasteiger partial charge is 0.226 e. The van der Waals surface area contributed by atoms with Crippen molar-refractivity contribution in [2.75, 3.05) is 19.5 Å². The molecule has 0 bridgehead atoms. The van der Waals surface area contributed by atoms with Gasteiger partial charge in [-0.05, 0) is 35.7 Å². The summed E-state index contributed by atoms with van der Waals surface area (Å²) in [5.41, 5.74) is 3.53. The molecular weight excluding hydrogens is 416 g/mol. The molecule has 0 radical (unpaired) electrons. The van der Waals surface area contributed by atoms with Crippen LogP contribution in [0.3, 0.4) is 0 Å². The molecule has 7 nitrogen and oxygen atoms in total. The maximum Gasteiger partial charge on any atom is 0.226 e. The topological polar surface area (TPSA) is 78.3 Å². The molecule has 5 rings (SSSR count). The van der Waals surface area contributed by atoms with E-state index in [-0.39, 0.29) is 17.7 Å². The van der Waals surface area contributed by atoms with Gasteiger partial charge in [0.25, 0.3) is 0 Å². The highest BCUT2D eigenvalue weighted by Crippen LogP contribution is 2.45. The van der Waals surface area contributed by atoms with Crippen LogP contribution in [0.2, 0.25) is 5.02 Å². The van der Waals surface area contributed by atoms with Crippen LogP contribution in [-0.2, 0) is 4.79 Å². The van der Waals surface area contributed by atoms with Crippen LogP contribution in [0.4, 0.5) is 5.95 Å². The van der Waals surface area contributed by atoms with Gasteiger partial charge in [-0.15, -0.1) is 0 Å². The summed E-state index contributed by atoms with van der Waals surface area (Å²) >= 11 is 6.09. The third-order valence-corrected chi connectivity index (χ3v) is 6.18. The number of halogens is 1. The molecule has 3 aromatic rings. The van der Waals surface area contributed by atoms with Crippen LogP contribution in [-0.4, -0.2) is 34.8 Å². The lowest BCUT2D eigenvalue weighted by Crippen LogP contribution is -2.33. The largest absolute Gasteiger partial charge is 0.497 e. The Morgan fingerprint density at radius 2 is 1.90 bits per heavy atom. The second-order valence-electron chi connectivity index (χ2n) is 7.64. The molecule has 158 valence electrons. The first-order chi connectivity index (χ1) is 15.1. The number of allylic oxidation sites excluding steroid dienone is 2. The zero-order chi connectivity index (χ0) is 21.5. The quantitative estimate of drug-likeness (QED) is 0.654. The Morgan fingerprint density at radius 3 is 2.65 bits per heavy atom. The molecule has 8 heteroatoms. The highest BCUT2D eigenvalue weighted by molar-refractivity contribution is 6.30. The Hall–Kier alpha value is -3.32. The molecule has 0 unspecified atom stereocenters. The molecule has 0 fully saturated rings. The van der Waals surface area contributed by atoms with Gasteiger partial charge in [0.05, 0.1) is 14.2 Å². The maximum atomic E-state index is 13.5. The van der Waals surface area contributed by atoms with Crippen molar-refractivity contribution in [3.63, 3.8) is 0 Å². The summed E-state index contributed by atoms with van der Waals surface area (Å²) in [6, 6.07) is 12.9. The number of aromatic nitrogens is 3. The summed E-state index contributed by atoms with van der Waals surface area (Å²) in [4.78, 5) is 17.8. The van der Waals surface area contributed by atoms with Crippen molar-refractivity contribution in [1.29, 1.82) is 0 Å². The predicted octanol–water partition coefficient (Wildman–Crippen LogP) is 4.36. The first-order valence-corrected chi connectivity index (χ1v) is 10.4. The number of fused-ring (bicyclic) bond motifs is 1. The molecule has 2 aliphatic rings. The van der Waals surface area contributed by atoms with Crippen molar-refractivity contribution in [2.24, 2.45) is 0 Å². The number of hydrogen-bond donors (Lipinski definition) is 1. The number of Topliss-reactive ketones (excluding diaryl/α,β-unsaturated/α-hetero) is 1. The number of ether oxygens (including phenoxy) is 2. The monoisotopic (exact) mass is 436 g/mol. The molecule has 2 atom stereocenters. The summed E-state index contributed by atoms with van der Waals surface area (Å²) in [7, 11) is 3.25. The second kappa shape index (κ2) is 7.74. The Labute approximate surface area is 184 Å². The highest BCUT2D eigenvalue weighted by atomic mass is 35.5. The zero-order valence-electron chi connectivity index (χ0n) is 17.1. The van der Waals surface area contributed by atoms with Crippen molar-refractivity contribution in [3.8, 4) is 11.5 Å². The lowest BCUT2D eigenvalue weighted by atomic mass is 9.77. The highest BCUT2D eigenvalue weighted by Gasteiger charge is 2.39. The fraction of sp³-hybridized carbons (Fsp3) is 0.261. The zero-order valence-corrected chi connectivity index (χ0v) is 17.9. The van der Waals surface area contributed by atoms with Gasteiger partial charge in [0.15, 0.2) is 5.78 Å². The van der Waals surface area contributed by atoms with Gasteiger partial charge in [-0.25, -0.2) is 4.68 Å². The van der Waals surface area contributed by atoms with Gasteiger partial charge in [0, 0.05) is 34.7 Å². The molecule has 1 aliphatic carbocycles. The molecule has 2 heterocycles. The molecule has 0 spiro atoms. The Bertz CT molecular complexity index is 1190. The van der Waals surface area contributed by atoms with Gasteiger partial charge in [-0.2, -0.15) is 10.1 Å². The minimum atomic E-state index is -0.336. The van der Waals surface area contributed by atoms with Crippen LogP contribution in [0, 0.1) is 0 Å². The normalized spacial score (nSPS) is 20.0. The van der Waals surface area contributed by atoms with Gasteiger partial charge in [0.2, 0.25) is 5.95 Å². The van der Waals surface area contributed by atoms with Gasteiger partial charge < -0.3 is 14.8 Å². The lowest BCUT2D eigenvalue weighted by molar-refractivity contribution is -0.116. The van der Waals surface area contributed by atoms with Crippen molar-refractivity contribution in [1.82, 2.24) is 14.8 Å². The molecule has 0 amide bonds. The first-order valence-electron chi connectivity index (χ1n) is 9.99. The SMILES string of the molecule is COc1ccc([C@H]2CC(=O)C3=C(C2)Nc2ncnn2[C@@H]3c2ccc(Cl)cc2)c(OC)c1. The van der Waals surface area contributed by atoms with E-state index in [1.54, 1.807) is 18.9 Å². The van der Waals surface area contributed by atoms with Crippen molar-refractivity contribution in [2.45, 2.75) is 24.8 Å². The maximum absolute atomic E-state index is 13.5. The van der Waals surface area contributed by atoms with E-state index in [9.17, 15) is 4.79 Å². The standard InChI is InChI=1S/C23H21ClN4O3/c1-30-16-7-8-17(20(11-16)31-2)14-9-18-21(19(29)10-14)22(13-3-5-15(24)6-4-13)28-23(27-18)25-12-26-28/h3-8,11-12,14,22H,9-10H2,1-2H3,(H,25,26,27)/t14-,22-/m1/s1. The van der Waals surface area contributed by atoms with Crippen LogP contribution >= 0.6 is 11.6 Å². The van der Waals surface area contributed by atoms with Gasteiger partial charge in [-0.1, -0.05) is 29.8 Å². The Balaban J connectivity index is 1.57. The summed E-state index contributed by atoms with van der Waals surface area (Å²) in [5.74, 6) is 2.12. The fourth-order valence-electron chi connectivity index (χ4n) is 4.48. The van der Waals surface area contributed by atoms with E-state index < -0.39 is 0 Å². The number of benzene rings is 2. The Morgan fingerprint density at radius 1 is 1.10 bits per heavy atom. The van der Waals surface area contributed by atoms with Gasteiger partial charge in [-0.3, -0.25) is 4.79 Å². The molecule has 1 aromatic heterocycles. The van der Waals surface area contributed by atoms with E-state index in [0.29, 0.717) is 29.6 Å². The third-order valence-electron chi connectivity index (χ3n) is 5.93. The van der Waals surface area contributed by atoms with E-state index >= 15 is 0 Å². The number of ketones is 1. The number of anilines is 1. The van der Waals surface area contributed by atoms with Crippen molar-refractivity contribution >= 4 is 23.3 Å². The van der Waals surface area contributed by atoms with Gasteiger partial charge >= 0.3 is 0 Å². The minimum Gasteiger partial charge on any atom is -0.497 e. The van der Waals surface area contributed by atoms with Gasteiger partial charge in [0.1, 0.15) is 23.9 Å². The molecule has 1 N–H and O–H groups in total. The summed E-state index contributed by atoms with van der Waals surface area (Å²) < 4.78 is 12.7. The van der Waals surface area contributed by atoms with Crippen molar-refractivity contribution < 1.29 is 14.3 Å². The predicted molar refractivity (Wildman–Crippen MR) is 117 cm³/mol. The van der Waals surface area contributed by atoms with Crippen LogP contribution < -0.4 is 14.8 Å². The first kappa shape index (κ1) is 19.6. The second-order valence-corrected chi connectivity index (χ2v) is 8.07. The number of rotatable bonds is 4. The fourth-order valence-corrected chi connectivity index (χ4v) is 4.61. The van der Waals surface area contributed by atoms with E-state index in [2.05, 4.69) is 15.4 Å². The average Bonchev–Trinajstić information content (AvgIpc) is 3.26. The van der Waals surface area contributed by atoms with E-state index in [0.717, 1.165) is 28.1 Å². The number of nitrogens with zero attached hydrogens (tertiary/aromatic N) is 3. The number of carbonyl (C=O) groups excluding carboxylic acids is 1. The number of hydrogen-bond acceptors (Lipinski definition) is 6. The minimum absolute atomic E-state index is 0.0139. The summed E-state index contributed by atoms with van der Waals surface area (Å²) in [5, 5.41) is 8.36. The average molecular weight is 437 g/mol. The van der Waals surface area contributed by atoms with Crippen LogP contribution in [0.5, 0.6) is 11.5 Å².